The van der Waals surface area contributed by atoms with Gasteiger partial charge in [-0.3, -0.25) is 0 Å². The Bertz CT molecular complexity index is 604. The van der Waals surface area contributed by atoms with Gasteiger partial charge in [-0.2, -0.15) is 0 Å². The fourth-order valence-corrected chi connectivity index (χ4v) is 3.62. The second kappa shape index (κ2) is 7.84. The Morgan fingerprint density at radius 3 is 1.08 bits per heavy atom. The van der Waals surface area contributed by atoms with Gasteiger partial charge in [-0.05, 0) is 57.0 Å². The van der Waals surface area contributed by atoms with Gasteiger partial charge in [-0.25, -0.2) is 0 Å². The first-order valence-electron chi connectivity index (χ1n) is 8.36. The van der Waals surface area contributed by atoms with E-state index in [1.165, 1.54) is 20.9 Å². The first-order chi connectivity index (χ1) is 11.2. The maximum atomic E-state index is 2.25. The molecule has 0 N–H and O–H groups in total. The molecule has 0 spiro atoms. The van der Waals surface area contributed by atoms with Crippen molar-refractivity contribution in [2.45, 2.75) is 62.2 Å². The van der Waals surface area contributed by atoms with E-state index in [0.29, 0.717) is 0 Å². The summed E-state index contributed by atoms with van der Waals surface area (Å²) < 4.78 is 0. The van der Waals surface area contributed by atoms with E-state index in [1.807, 2.05) is 0 Å². The normalized spacial score (nSPS) is 12.8. The van der Waals surface area contributed by atoms with Crippen molar-refractivity contribution >= 4 is 23.5 Å². The quantitative estimate of drug-likeness (QED) is 0.516. The van der Waals surface area contributed by atoms with Gasteiger partial charge in [0.1, 0.15) is 0 Å². The minimum Gasteiger partial charge on any atom is -0.0975 e. The highest BCUT2D eigenvalue weighted by atomic mass is 32.2. The van der Waals surface area contributed by atoms with E-state index < -0.39 is 0 Å². The molecule has 0 saturated carbocycles. The topological polar surface area (TPSA) is 0 Å². The lowest BCUT2D eigenvalue weighted by atomic mass is 9.87. The minimum atomic E-state index is 0.216. The van der Waals surface area contributed by atoms with Gasteiger partial charge in [0, 0.05) is 9.79 Å². The van der Waals surface area contributed by atoms with Crippen molar-refractivity contribution in [2.75, 3.05) is 0 Å². The van der Waals surface area contributed by atoms with Crippen molar-refractivity contribution in [2.24, 2.45) is 0 Å². The summed E-state index contributed by atoms with van der Waals surface area (Å²) in [5.74, 6) is 0. The molecule has 2 aromatic carbocycles. The molecular weight excluding hydrogens is 328 g/mol. The van der Waals surface area contributed by atoms with Crippen molar-refractivity contribution in [3.8, 4) is 0 Å². The van der Waals surface area contributed by atoms with Crippen LogP contribution in [0, 0.1) is 0 Å². The molecule has 0 heterocycles. The summed E-state index contributed by atoms with van der Waals surface area (Å²) in [5, 5.41) is 4.32. The van der Waals surface area contributed by atoms with Crippen LogP contribution in [-0.2, 0) is 10.8 Å². The predicted molar refractivity (Wildman–Crippen MR) is 111 cm³/mol. The maximum Gasteiger partial charge on any atom is 0.0116 e. The molecule has 0 bridgehead atoms. The smallest absolute Gasteiger partial charge is 0.0116 e. The van der Waals surface area contributed by atoms with Crippen molar-refractivity contribution < 1.29 is 0 Å². The molecule has 24 heavy (non-hydrogen) atoms. The summed E-state index contributed by atoms with van der Waals surface area (Å²) in [4.78, 5) is 2.56. The van der Waals surface area contributed by atoms with E-state index in [2.05, 4.69) is 101 Å². The Labute approximate surface area is 156 Å². The average Bonchev–Trinajstić information content (AvgIpc) is 2.51. The molecule has 0 aliphatic heterocycles. The van der Waals surface area contributed by atoms with Crippen molar-refractivity contribution in [1.82, 2.24) is 0 Å². The fraction of sp³-hybridized carbons (Fsp3) is 0.364. The zero-order valence-electron chi connectivity index (χ0n) is 15.6. The third kappa shape index (κ3) is 5.75. The minimum absolute atomic E-state index is 0.216. The summed E-state index contributed by atoms with van der Waals surface area (Å²) >= 11 is 3.53. The lowest BCUT2D eigenvalue weighted by molar-refractivity contribution is 0.589. The van der Waals surface area contributed by atoms with Crippen LogP contribution in [0.3, 0.4) is 0 Å². The molecule has 0 saturated heterocycles. The van der Waals surface area contributed by atoms with E-state index in [0.717, 1.165) is 0 Å². The third-order valence-electron chi connectivity index (χ3n) is 3.90. The molecule has 0 radical (unpaired) electrons. The van der Waals surface area contributed by atoms with Crippen LogP contribution >= 0.6 is 23.5 Å². The number of thioether (sulfide) groups is 2. The van der Waals surface area contributed by atoms with Gasteiger partial charge in [0.05, 0.1) is 0 Å². The zero-order valence-corrected chi connectivity index (χ0v) is 17.2. The van der Waals surface area contributed by atoms with Crippen LogP contribution in [0.2, 0.25) is 0 Å². The lowest BCUT2D eigenvalue weighted by Crippen LogP contribution is -2.10. The van der Waals surface area contributed by atoms with E-state index in [9.17, 15) is 0 Å². The molecule has 2 rings (SSSR count). The summed E-state index contributed by atoms with van der Waals surface area (Å²) in [7, 11) is 0. The Kier molecular flexibility index (Phi) is 6.28. The molecular formula is C22H28S2. The number of hydrogen-bond acceptors (Lipinski definition) is 2. The summed E-state index contributed by atoms with van der Waals surface area (Å²) in [6.45, 7) is 13.5. The molecule has 0 fully saturated rings. The van der Waals surface area contributed by atoms with Crippen LogP contribution in [0.15, 0.2) is 69.1 Å². The first kappa shape index (κ1) is 19.2. The maximum absolute atomic E-state index is 2.25. The monoisotopic (exact) mass is 356 g/mol. The molecule has 0 aliphatic rings. The predicted octanol–water partition coefficient (Wildman–Crippen LogP) is 7.64. The van der Waals surface area contributed by atoms with Gasteiger partial charge in [0.15, 0.2) is 0 Å². The third-order valence-corrected chi connectivity index (χ3v) is 5.71. The van der Waals surface area contributed by atoms with Crippen molar-refractivity contribution in [3.63, 3.8) is 0 Å². The molecule has 0 aliphatic carbocycles. The Balaban J connectivity index is 1.88. The Morgan fingerprint density at radius 1 is 0.542 bits per heavy atom. The molecule has 0 amide bonds. The first-order valence-corrected chi connectivity index (χ1v) is 10.1. The van der Waals surface area contributed by atoms with Gasteiger partial charge < -0.3 is 0 Å². The van der Waals surface area contributed by atoms with E-state index in [-0.39, 0.29) is 10.8 Å². The second-order valence-electron chi connectivity index (χ2n) is 8.06. The van der Waals surface area contributed by atoms with Gasteiger partial charge in [-0.1, -0.05) is 89.3 Å². The average molecular weight is 357 g/mol. The van der Waals surface area contributed by atoms with Crippen LogP contribution in [0.25, 0.3) is 0 Å². The van der Waals surface area contributed by atoms with E-state index in [1.54, 1.807) is 23.5 Å². The number of hydrogen-bond donors (Lipinski definition) is 0. The van der Waals surface area contributed by atoms with Crippen LogP contribution in [0.5, 0.6) is 0 Å². The Morgan fingerprint density at radius 2 is 0.833 bits per heavy atom. The van der Waals surface area contributed by atoms with E-state index >= 15 is 0 Å². The molecule has 0 unspecified atom stereocenters. The molecule has 0 atom stereocenters. The highest BCUT2D eigenvalue weighted by Crippen LogP contribution is 2.29. The standard InChI is InChI=1S/C22H28S2/c1-21(2,3)17-7-11-19(12-8-17)23-15-16-24-20-13-9-18(10-14-20)22(4,5)6/h7-16H,1-6H3/b16-15-. The van der Waals surface area contributed by atoms with Gasteiger partial charge in [0.2, 0.25) is 0 Å². The molecule has 2 aromatic rings. The largest absolute Gasteiger partial charge is 0.0975 e. The number of rotatable bonds is 4. The second-order valence-corrected chi connectivity index (χ2v) is 10.0. The van der Waals surface area contributed by atoms with Crippen LogP contribution in [-0.4, -0.2) is 0 Å². The Hall–Kier alpha value is -1.12. The highest BCUT2D eigenvalue weighted by molar-refractivity contribution is 8.05. The van der Waals surface area contributed by atoms with Gasteiger partial charge in [-0.15, -0.1) is 0 Å². The zero-order chi connectivity index (χ0) is 17.8. The van der Waals surface area contributed by atoms with Crippen LogP contribution in [0.1, 0.15) is 52.7 Å². The molecule has 2 heteroatoms. The summed E-state index contributed by atoms with van der Waals surface area (Å²) in [5.41, 5.74) is 3.19. The van der Waals surface area contributed by atoms with Crippen LogP contribution < -0.4 is 0 Å². The van der Waals surface area contributed by atoms with Crippen molar-refractivity contribution in [1.29, 1.82) is 0 Å². The SMILES string of the molecule is CC(C)(C)c1ccc(S/C=C\Sc2ccc(C(C)(C)C)cc2)cc1. The number of benzene rings is 2. The van der Waals surface area contributed by atoms with Crippen molar-refractivity contribution in [3.05, 3.63) is 70.5 Å². The molecule has 0 nitrogen and oxygen atoms in total. The lowest BCUT2D eigenvalue weighted by Gasteiger charge is -2.19. The molecule has 0 aromatic heterocycles. The van der Waals surface area contributed by atoms with Gasteiger partial charge >= 0.3 is 0 Å². The van der Waals surface area contributed by atoms with E-state index in [4.69, 9.17) is 0 Å². The molecule has 128 valence electrons. The summed E-state index contributed by atoms with van der Waals surface area (Å²) in [6.07, 6.45) is 0. The van der Waals surface area contributed by atoms with Crippen LogP contribution in [0.4, 0.5) is 0 Å². The fourth-order valence-electron chi connectivity index (χ4n) is 2.28. The summed E-state index contributed by atoms with van der Waals surface area (Å²) in [6, 6.07) is 17.7. The highest BCUT2D eigenvalue weighted by Gasteiger charge is 2.13. The van der Waals surface area contributed by atoms with Gasteiger partial charge in [0.25, 0.3) is 0 Å².